The Kier molecular flexibility index (Phi) is 6.83. The standard InChI is InChI=1S/C30H31F3N6O2/c1-4-38-17-25(28(36-38)30(31,32)33)23-13-19(16-37-12-10-34-18(37)2)14-24-22(23)8-11-39(29(24)40)27(20-5-6-20)26-15-21(41-3)7-9-35-26/h7,9-10,12-15,17,20,27H,4-6,8,11,16H2,1-3H3/t27-/m0/s1. The maximum absolute atomic E-state index is 14.3. The Morgan fingerprint density at radius 1 is 1.10 bits per heavy atom. The second-order valence-corrected chi connectivity index (χ2v) is 10.7. The molecule has 1 fully saturated rings. The molecule has 41 heavy (non-hydrogen) atoms. The van der Waals surface area contributed by atoms with Crippen LogP contribution >= 0.6 is 0 Å². The molecule has 11 heteroatoms. The van der Waals surface area contributed by atoms with Gasteiger partial charge in [0.15, 0.2) is 5.69 Å². The number of nitrogens with zero attached hydrogens (tertiary/aromatic N) is 6. The lowest BCUT2D eigenvalue weighted by Crippen LogP contribution is -2.41. The largest absolute Gasteiger partial charge is 0.497 e. The van der Waals surface area contributed by atoms with Gasteiger partial charge in [-0.05, 0) is 73.9 Å². The summed E-state index contributed by atoms with van der Waals surface area (Å²) in [6.07, 6.45) is 4.36. The number of aromatic nitrogens is 5. The van der Waals surface area contributed by atoms with Crippen LogP contribution in [0.5, 0.6) is 5.75 Å². The molecule has 3 aromatic heterocycles. The zero-order chi connectivity index (χ0) is 28.9. The highest BCUT2D eigenvalue weighted by atomic mass is 19.4. The number of benzene rings is 1. The average molecular weight is 565 g/mol. The highest BCUT2D eigenvalue weighted by Crippen LogP contribution is 2.47. The van der Waals surface area contributed by atoms with Gasteiger partial charge in [0.2, 0.25) is 0 Å². The van der Waals surface area contributed by atoms with Gasteiger partial charge in [0.25, 0.3) is 5.91 Å². The molecule has 214 valence electrons. The molecule has 1 aromatic carbocycles. The van der Waals surface area contributed by atoms with Crippen molar-refractivity contribution in [2.24, 2.45) is 5.92 Å². The fourth-order valence-electron chi connectivity index (χ4n) is 5.82. The monoisotopic (exact) mass is 564 g/mol. The molecule has 0 spiro atoms. The van der Waals surface area contributed by atoms with E-state index in [1.807, 2.05) is 34.7 Å². The first-order valence-electron chi connectivity index (χ1n) is 13.8. The van der Waals surface area contributed by atoms with E-state index < -0.39 is 11.9 Å². The number of hydrogen-bond donors (Lipinski definition) is 0. The molecule has 2 aliphatic rings. The molecule has 0 unspecified atom stereocenters. The zero-order valence-corrected chi connectivity index (χ0v) is 23.1. The van der Waals surface area contributed by atoms with Crippen LogP contribution in [0.1, 0.15) is 64.5 Å². The van der Waals surface area contributed by atoms with Crippen LogP contribution in [0.2, 0.25) is 0 Å². The second kappa shape index (κ2) is 10.4. The summed E-state index contributed by atoms with van der Waals surface area (Å²) in [7, 11) is 1.59. The minimum Gasteiger partial charge on any atom is -0.497 e. The van der Waals surface area contributed by atoms with Gasteiger partial charge in [0, 0.05) is 61.6 Å². The summed E-state index contributed by atoms with van der Waals surface area (Å²) in [5.41, 5.74) is 1.97. The van der Waals surface area contributed by atoms with Crippen LogP contribution < -0.4 is 4.74 Å². The number of pyridine rings is 1. The summed E-state index contributed by atoms with van der Waals surface area (Å²) >= 11 is 0. The molecule has 0 bridgehead atoms. The number of alkyl halides is 3. The van der Waals surface area contributed by atoms with Crippen LogP contribution in [-0.2, 0) is 25.7 Å². The molecule has 1 atom stereocenters. The van der Waals surface area contributed by atoms with E-state index in [0.29, 0.717) is 48.5 Å². The molecule has 1 aliphatic heterocycles. The van der Waals surface area contributed by atoms with E-state index in [9.17, 15) is 18.0 Å². The molecule has 1 aliphatic carbocycles. The SMILES string of the molecule is CCn1cc(-c2cc(Cn3ccnc3C)cc3c2CCN([C@H](c2cc(OC)ccn2)C2CC2)C3=O)c(C(F)(F)F)n1. The van der Waals surface area contributed by atoms with Crippen LogP contribution in [-0.4, -0.2) is 48.8 Å². The molecule has 6 rings (SSSR count). The van der Waals surface area contributed by atoms with Crippen molar-refractivity contribution in [1.82, 2.24) is 29.2 Å². The van der Waals surface area contributed by atoms with E-state index in [1.165, 1.54) is 10.9 Å². The quantitative estimate of drug-likeness (QED) is 0.275. The van der Waals surface area contributed by atoms with Gasteiger partial charge < -0.3 is 14.2 Å². The number of imidazole rings is 1. The second-order valence-electron chi connectivity index (χ2n) is 10.7. The molecule has 0 N–H and O–H groups in total. The number of rotatable bonds is 8. The number of ether oxygens (including phenoxy) is 1. The summed E-state index contributed by atoms with van der Waals surface area (Å²) in [6.45, 7) is 4.65. The van der Waals surface area contributed by atoms with Crippen LogP contribution in [0.3, 0.4) is 0 Å². The van der Waals surface area contributed by atoms with Crippen LogP contribution in [0.15, 0.2) is 49.1 Å². The number of aryl methyl sites for hydroxylation is 2. The maximum atomic E-state index is 14.3. The summed E-state index contributed by atoms with van der Waals surface area (Å²) < 4.78 is 51.2. The zero-order valence-electron chi connectivity index (χ0n) is 23.1. The van der Waals surface area contributed by atoms with Gasteiger partial charge in [-0.3, -0.25) is 14.5 Å². The predicted molar refractivity (Wildman–Crippen MR) is 145 cm³/mol. The fraction of sp³-hybridized carbons (Fsp3) is 0.400. The van der Waals surface area contributed by atoms with Crippen LogP contribution in [0.4, 0.5) is 13.2 Å². The van der Waals surface area contributed by atoms with Crippen molar-refractivity contribution in [2.45, 2.75) is 58.4 Å². The van der Waals surface area contributed by atoms with Crippen molar-refractivity contribution in [3.8, 4) is 16.9 Å². The summed E-state index contributed by atoms with van der Waals surface area (Å²) in [5, 5.41) is 3.86. The lowest BCUT2D eigenvalue weighted by atomic mass is 9.87. The third kappa shape index (κ3) is 5.09. The minimum atomic E-state index is -4.64. The number of amides is 1. The van der Waals surface area contributed by atoms with E-state index in [2.05, 4.69) is 15.1 Å². The van der Waals surface area contributed by atoms with Crippen molar-refractivity contribution in [1.29, 1.82) is 0 Å². The molecular weight excluding hydrogens is 533 g/mol. The summed E-state index contributed by atoms with van der Waals surface area (Å²) in [5.74, 6) is 1.51. The van der Waals surface area contributed by atoms with E-state index in [1.54, 1.807) is 38.6 Å². The molecule has 0 radical (unpaired) electrons. The van der Waals surface area contributed by atoms with E-state index in [4.69, 9.17) is 4.74 Å². The topological polar surface area (TPSA) is 78.1 Å². The van der Waals surface area contributed by atoms with Crippen molar-refractivity contribution in [2.75, 3.05) is 13.7 Å². The fourth-order valence-corrected chi connectivity index (χ4v) is 5.82. The van der Waals surface area contributed by atoms with Gasteiger partial charge in [-0.15, -0.1) is 0 Å². The van der Waals surface area contributed by atoms with Crippen LogP contribution in [0.25, 0.3) is 11.1 Å². The Morgan fingerprint density at radius 2 is 1.88 bits per heavy atom. The first kappa shape index (κ1) is 27.0. The van der Waals surface area contributed by atoms with Gasteiger partial charge in [-0.25, -0.2) is 4.98 Å². The van der Waals surface area contributed by atoms with E-state index in [-0.39, 0.29) is 23.4 Å². The molecular formula is C30H31F3N6O2. The van der Waals surface area contributed by atoms with E-state index >= 15 is 0 Å². The van der Waals surface area contributed by atoms with Crippen molar-refractivity contribution < 1.29 is 22.7 Å². The number of halogens is 3. The lowest BCUT2D eigenvalue weighted by molar-refractivity contribution is -0.141. The van der Waals surface area contributed by atoms with Gasteiger partial charge in [-0.1, -0.05) is 0 Å². The first-order valence-corrected chi connectivity index (χ1v) is 13.8. The maximum Gasteiger partial charge on any atom is 0.435 e. The normalized spacial score (nSPS) is 16.1. The lowest BCUT2D eigenvalue weighted by Gasteiger charge is -2.36. The average Bonchev–Trinajstić information content (AvgIpc) is 3.55. The highest BCUT2D eigenvalue weighted by molar-refractivity contribution is 5.99. The van der Waals surface area contributed by atoms with Gasteiger partial charge in [0.05, 0.1) is 18.8 Å². The molecule has 1 saturated carbocycles. The third-order valence-electron chi connectivity index (χ3n) is 8.02. The number of methoxy groups -OCH3 is 1. The highest BCUT2D eigenvalue weighted by Gasteiger charge is 2.43. The third-order valence-corrected chi connectivity index (χ3v) is 8.02. The van der Waals surface area contributed by atoms with Crippen molar-refractivity contribution in [3.63, 3.8) is 0 Å². The first-order chi connectivity index (χ1) is 19.7. The minimum absolute atomic E-state index is 0.00532. The number of carbonyl (C=O) groups excluding carboxylic acids is 1. The number of fused-ring (bicyclic) bond motifs is 1. The molecule has 1 amide bonds. The van der Waals surface area contributed by atoms with Crippen molar-refractivity contribution in [3.05, 3.63) is 83.0 Å². The smallest absolute Gasteiger partial charge is 0.435 e. The summed E-state index contributed by atoms with van der Waals surface area (Å²) in [4.78, 5) is 25.0. The molecule has 4 aromatic rings. The molecule has 4 heterocycles. The Balaban J connectivity index is 1.48. The number of hydrogen-bond acceptors (Lipinski definition) is 5. The van der Waals surface area contributed by atoms with Gasteiger partial charge in [0.1, 0.15) is 11.6 Å². The molecule has 0 saturated heterocycles. The van der Waals surface area contributed by atoms with Gasteiger partial charge >= 0.3 is 6.18 Å². The Labute approximate surface area is 235 Å². The van der Waals surface area contributed by atoms with Crippen LogP contribution in [0, 0.1) is 12.8 Å². The summed E-state index contributed by atoms with van der Waals surface area (Å²) in [6, 6.07) is 7.00. The Hall–Kier alpha value is -4.15. The molecule has 8 nitrogen and oxygen atoms in total. The van der Waals surface area contributed by atoms with Gasteiger partial charge in [-0.2, -0.15) is 18.3 Å². The predicted octanol–water partition coefficient (Wildman–Crippen LogP) is 5.70. The Morgan fingerprint density at radius 3 is 2.54 bits per heavy atom. The van der Waals surface area contributed by atoms with E-state index in [0.717, 1.165) is 29.9 Å². The number of carbonyl (C=O) groups is 1. The van der Waals surface area contributed by atoms with Crippen molar-refractivity contribution >= 4 is 5.91 Å². The Bertz CT molecular complexity index is 1600.